The van der Waals surface area contributed by atoms with Crippen LogP contribution in [-0.2, 0) is 11.2 Å². The van der Waals surface area contributed by atoms with Crippen molar-refractivity contribution in [3.05, 3.63) is 98.5 Å². The highest BCUT2D eigenvalue weighted by Gasteiger charge is 2.33. The number of pyridine rings is 1. The molecule has 2 N–H and O–H groups in total. The number of fused-ring (bicyclic) bond motifs is 2. The van der Waals surface area contributed by atoms with Gasteiger partial charge in [-0.3, -0.25) is 9.59 Å². The first kappa shape index (κ1) is 24.8. The van der Waals surface area contributed by atoms with Crippen molar-refractivity contribution in [2.24, 2.45) is 0 Å². The van der Waals surface area contributed by atoms with Gasteiger partial charge in [0.05, 0.1) is 29.8 Å². The van der Waals surface area contributed by atoms with Crippen LogP contribution in [0.3, 0.4) is 0 Å². The lowest BCUT2D eigenvalue weighted by molar-refractivity contribution is -0.116. The second-order valence-electron chi connectivity index (χ2n) is 10.3. The molecule has 0 bridgehead atoms. The highest BCUT2D eigenvalue weighted by atomic mass is 35.5. The minimum absolute atomic E-state index is 0.0427. The molecule has 1 amide bonds. The fraction of sp³-hybridized carbons (Fsp3) is 0.207. The van der Waals surface area contributed by atoms with Crippen LogP contribution in [0, 0.1) is 0 Å². The molecule has 0 fully saturated rings. The molecule has 0 saturated carbocycles. The number of amides is 1. The molecular formula is C29H23Cl2N7O2. The summed E-state index contributed by atoms with van der Waals surface area (Å²) in [5.74, 6) is 0.908. The minimum atomic E-state index is -0.217. The van der Waals surface area contributed by atoms with Crippen LogP contribution in [0.25, 0.3) is 28.1 Å². The van der Waals surface area contributed by atoms with Crippen LogP contribution >= 0.6 is 23.2 Å². The Kier molecular flexibility index (Phi) is 5.87. The Hall–Kier alpha value is -4.21. The number of halogens is 2. The number of carbonyl (C=O) groups is 1. The van der Waals surface area contributed by atoms with Gasteiger partial charge in [0, 0.05) is 34.5 Å². The Bertz CT molecular complexity index is 1870. The molecule has 9 nitrogen and oxygen atoms in total. The topological polar surface area (TPSA) is 110 Å². The van der Waals surface area contributed by atoms with E-state index in [-0.39, 0.29) is 28.6 Å². The predicted octanol–water partition coefficient (Wildman–Crippen LogP) is 5.77. The number of nitrogens with zero attached hydrogens (tertiary/aromatic N) is 5. The van der Waals surface area contributed by atoms with Crippen molar-refractivity contribution in [1.82, 2.24) is 29.5 Å². The summed E-state index contributed by atoms with van der Waals surface area (Å²) in [7, 11) is 0. The van der Waals surface area contributed by atoms with E-state index in [0.717, 1.165) is 57.3 Å². The van der Waals surface area contributed by atoms with E-state index in [0.29, 0.717) is 17.9 Å². The Balaban J connectivity index is 1.25. The normalized spacial score (nSPS) is 17.9. The van der Waals surface area contributed by atoms with E-state index < -0.39 is 0 Å². The van der Waals surface area contributed by atoms with Gasteiger partial charge in [-0.1, -0.05) is 41.4 Å². The summed E-state index contributed by atoms with van der Waals surface area (Å²) in [4.78, 5) is 33.5. The molecule has 2 aromatic carbocycles. The van der Waals surface area contributed by atoms with Crippen LogP contribution < -0.4 is 10.9 Å². The molecule has 0 aliphatic carbocycles. The standard InChI is InChI=1S/C29H23Cl2N7O2/c1-15-8-25(29-32-13-22(34-29)17-2-5-21-16(9-17)3-7-27(39)33-21)38-24(15)10-18(11-28(38)40)20-12-19(30)4-6-23(20)37-14-26(31)35-36-37/h2,4-6,9-15,25H,3,7-8H2,1H3,(H,32,34)(H,33,39)/t15-,25+/m1/s1. The number of carbonyl (C=O) groups excluding carboxylic acids is 1. The number of aryl methyl sites for hydroxylation is 1. The average molecular weight is 572 g/mol. The maximum absolute atomic E-state index is 13.6. The third-order valence-electron chi connectivity index (χ3n) is 7.70. The van der Waals surface area contributed by atoms with Crippen molar-refractivity contribution in [2.75, 3.05) is 5.32 Å². The first-order valence-electron chi connectivity index (χ1n) is 13.0. The van der Waals surface area contributed by atoms with Gasteiger partial charge in [0.2, 0.25) is 5.91 Å². The lowest BCUT2D eigenvalue weighted by Gasteiger charge is -2.17. The summed E-state index contributed by atoms with van der Waals surface area (Å²) >= 11 is 12.4. The van der Waals surface area contributed by atoms with Gasteiger partial charge < -0.3 is 14.9 Å². The number of nitrogens with one attached hydrogen (secondary N) is 2. The van der Waals surface area contributed by atoms with Gasteiger partial charge in [0.25, 0.3) is 5.56 Å². The molecule has 7 rings (SSSR count). The Morgan fingerprint density at radius 1 is 1.00 bits per heavy atom. The van der Waals surface area contributed by atoms with Gasteiger partial charge >= 0.3 is 0 Å². The van der Waals surface area contributed by atoms with Crippen molar-refractivity contribution in [2.45, 2.75) is 38.1 Å². The Labute approximate surface area is 238 Å². The molecule has 2 aliphatic rings. The Morgan fingerprint density at radius 3 is 2.70 bits per heavy atom. The van der Waals surface area contributed by atoms with E-state index in [1.807, 2.05) is 41.1 Å². The second kappa shape index (κ2) is 9.46. The first-order chi connectivity index (χ1) is 19.3. The fourth-order valence-electron chi connectivity index (χ4n) is 5.77. The van der Waals surface area contributed by atoms with Gasteiger partial charge in [0.15, 0.2) is 5.15 Å². The zero-order chi connectivity index (χ0) is 27.5. The van der Waals surface area contributed by atoms with Crippen LogP contribution in [-0.4, -0.2) is 35.4 Å². The first-order valence-corrected chi connectivity index (χ1v) is 13.7. The number of imidazole rings is 1. The van der Waals surface area contributed by atoms with Crippen LogP contribution in [0.15, 0.2) is 65.7 Å². The van der Waals surface area contributed by atoms with Crippen LogP contribution in [0.1, 0.15) is 48.8 Å². The SMILES string of the molecule is C[C@@H]1C[C@@H](c2ncc(-c3ccc4c(c3)CCC(=O)N4)[nH]2)n2c1cc(-c1cc(Cl)ccc1-n1cc(Cl)nn1)cc2=O. The molecule has 2 atom stereocenters. The van der Waals surface area contributed by atoms with Crippen molar-refractivity contribution >= 4 is 34.8 Å². The van der Waals surface area contributed by atoms with Crippen LogP contribution in [0.5, 0.6) is 0 Å². The predicted molar refractivity (Wildman–Crippen MR) is 153 cm³/mol. The number of benzene rings is 2. The number of aromatic amines is 1. The fourth-order valence-corrected chi connectivity index (χ4v) is 6.07. The largest absolute Gasteiger partial charge is 0.340 e. The molecule has 0 spiro atoms. The van der Waals surface area contributed by atoms with Crippen molar-refractivity contribution in [3.8, 4) is 28.1 Å². The summed E-state index contributed by atoms with van der Waals surface area (Å²) in [6.45, 7) is 2.12. The quantitative estimate of drug-likeness (QED) is 0.284. The summed E-state index contributed by atoms with van der Waals surface area (Å²) in [5.41, 5.74) is 6.85. The average Bonchev–Trinajstić information content (AvgIpc) is 3.68. The smallest absolute Gasteiger partial charge is 0.252 e. The summed E-state index contributed by atoms with van der Waals surface area (Å²) < 4.78 is 3.40. The van der Waals surface area contributed by atoms with E-state index in [4.69, 9.17) is 23.2 Å². The molecule has 200 valence electrons. The van der Waals surface area contributed by atoms with E-state index in [1.165, 1.54) is 0 Å². The van der Waals surface area contributed by atoms with Crippen molar-refractivity contribution in [3.63, 3.8) is 0 Å². The molecule has 0 radical (unpaired) electrons. The van der Waals surface area contributed by atoms with E-state index >= 15 is 0 Å². The molecule has 0 saturated heterocycles. The molecular weight excluding hydrogens is 549 g/mol. The number of anilines is 1. The minimum Gasteiger partial charge on any atom is -0.340 e. The van der Waals surface area contributed by atoms with Crippen molar-refractivity contribution < 1.29 is 4.79 Å². The van der Waals surface area contributed by atoms with E-state index in [9.17, 15) is 9.59 Å². The molecule has 5 heterocycles. The number of hydrogen-bond acceptors (Lipinski definition) is 5. The Morgan fingerprint density at radius 2 is 1.88 bits per heavy atom. The van der Waals surface area contributed by atoms with Gasteiger partial charge in [-0.2, -0.15) is 0 Å². The van der Waals surface area contributed by atoms with Gasteiger partial charge in [-0.25, -0.2) is 9.67 Å². The number of hydrogen-bond donors (Lipinski definition) is 2. The lowest BCUT2D eigenvalue weighted by Crippen LogP contribution is -2.24. The second-order valence-corrected chi connectivity index (χ2v) is 11.1. The molecule has 5 aromatic rings. The van der Waals surface area contributed by atoms with Crippen molar-refractivity contribution in [1.29, 1.82) is 0 Å². The summed E-state index contributed by atoms with van der Waals surface area (Å²) in [5, 5.41) is 11.7. The summed E-state index contributed by atoms with van der Waals surface area (Å²) in [6, 6.07) is 14.9. The van der Waals surface area contributed by atoms with Gasteiger partial charge in [-0.05, 0) is 71.8 Å². The molecule has 0 unspecified atom stereocenters. The summed E-state index contributed by atoms with van der Waals surface area (Å²) in [6.07, 6.45) is 5.35. The van der Waals surface area contributed by atoms with E-state index in [2.05, 4.69) is 38.6 Å². The molecule has 3 aromatic heterocycles. The maximum atomic E-state index is 13.6. The number of aromatic nitrogens is 6. The monoisotopic (exact) mass is 571 g/mol. The third kappa shape index (κ3) is 4.22. The molecule has 2 aliphatic heterocycles. The molecule has 11 heteroatoms. The highest BCUT2D eigenvalue weighted by Crippen LogP contribution is 2.40. The maximum Gasteiger partial charge on any atom is 0.252 e. The molecule has 40 heavy (non-hydrogen) atoms. The van der Waals surface area contributed by atoms with Gasteiger partial charge in [0.1, 0.15) is 5.82 Å². The third-order valence-corrected chi connectivity index (χ3v) is 8.10. The highest BCUT2D eigenvalue weighted by molar-refractivity contribution is 6.31. The number of rotatable bonds is 4. The zero-order valence-electron chi connectivity index (χ0n) is 21.4. The van der Waals surface area contributed by atoms with Crippen LogP contribution in [0.4, 0.5) is 5.69 Å². The number of H-pyrrole nitrogens is 1. The van der Waals surface area contributed by atoms with Gasteiger partial charge in [-0.15, -0.1) is 5.10 Å². The lowest BCUT2D eigenvalue weighted by atomic mass is 9.99. The van der Waals surface area contributed by atoms with E-state index in [1.54, 1.807) is 23.0 Å². The van der Waals surface area contributed by atoms with Crippen LogP contribution in [0.2, 0.25) is 10.2 Å². The zero-order valence-corrected chi connectivity index (χ0v) is 22.9.